The van der Waals surface area contributed by atoms with Crippen molar-refractivity contribution in [2.45, 2.75) is 20.8 Å². The quantitative estimate of drug-likeness (QED) is 0.677. The van der Waals surface area contributed by atoms with Gasteiger partial charge in [-0.25, -0.2) is 4.98 Å². The standard InChI is InChI=1S/C19H24N4O2/c1-13(2)18(24)21-11-10-20-17-9-6-15(12-22-17)19(25)23-16-7-4-14(3)5-8-16/h4-9,12-13H,10-11H2,1-3H3,(H,20,22)(H,21,24)(H,23,25). The summed E-state index contributed by atoms with van der Waals surface area (Å²) in [5.74, 6) is 0.458. The SMILES string of the molecule is Cc1ccc(NC(=O)c2ccc(NCCNC(=O)C(C)C)nc2)cc1. The number of nitrogens with zero attached hydrogens (tertiary/aromatic N) is 1. The Morgan fingerprint density at radius 2 is 1.76 bits per heavy atom. The van der Waals surface area contributed by atoms with Gasteiger partial charge in [0.15, 0.2) is 0 Å². The molecular weight excluding hydrogens is 316 g/mol. The summed E-state index contributed by atoms with van der Waals surface area (Å²) >= 11 is 0. The molecule has 0 radical (unpaired) electrons. The lowest BCUT2D eigenvalue weighted by Crippen LogP contribution is -2.31. The van der Waals surface area contributed by atoms with Gasteiger partial charge in [-0.3, -0.25) is 9.59 Å². The second-order valence-corrected chi connectivity index (χ2v) is 6.12. The van der Waals surface area contributed by atoms with Gasteiger partial charge in [0.05, 0.1) is 5.56 Å². The Labute approximate surface area is 148 Å². The first kappa shape index (κ1) is 18.4. The number of aryl methyl sites for hydroxylation is 1. The van der Waals surface area contributed by atoms with Gasteiger partial charge in [-0.05, 0) is 31.2 Å². The molecule has 1 aromatic heterocycles. The maximum absolute atomic E-state index is 12.2. The lowest BCUT2D eigenvalue weighted by Gasteiger charge is -2.09. The number of carbonyl (C=O) groups excluding carboxylic acids is 2. The summed E-state index contributed by atoms with van der Waals surface area (Å²) < 4.78 is 0. The Kier molecular flexibility index (Phi) is 6.51. The molecule has 0 saturated heterocycles. The fraction of sp³-hybridized carbons (Fsp3) is 0.316. The highest BCUT2D eigenvalue weighted by atomic mass is 16.2. The van der Waals surface area contributed by atoms with Gasteiger partial charge in [0.2, 0.25) is 5.91 Å². The molecule has 0 atom stereocenters. The minimum Gasteiger partial charge on any atom is -0.368 e. The Balaban J connectivity index is 1.81. The minimum atomic E-state index is -0.202. The summed E-state index contributed by atoms with van der Waals surface area (Å²) in [6, 6.07) is 11.1. The number of amides is 2. The number of rotatable bonds is 7. The van der Waals surface area contributed by atoms with Crippen LogP contribution in [0.4, 0.5) is 11.5 Å². The predicted octanol–water partition coefficient (Wildman–Crippen LogP) is 2.83. The topological polar surface area (TPSA) is 83.1 Å². The van der Waals surface area contributed by atoms with Gasteiger partial charge in [-0.15, -0.1) is 0 Å². The van der Waals surface area contributed by atoms with Crippen molar-refractivity contribution < 1.29 is 9.59 Å². The molecule has 1 aromatic carbocycles. The van der Waals surface area contributed by atoms with Gasteiger partial charge in [0, 0.05) is 30.9 Å². The molecule has 0 aliphatic rings. The molecule has 2 amide bonds. The summed E-state index contributed by atoms with van der Waals surface area (Å²) in [7, 11) is 0. The number of anilines is 2. The van der Waals surface area contributed by atoms with E-state index in [9.17, 15) is 9.59 Å². The van der Waals surface area contributed by atoms with Crippen LogP contribution in [-0.2, 0) is 4.79 Å². The largest absolute Gasteiger partial charge is 0.368 e. The van der Waals surface area contributed by atoms with E-state index >= 15 is 0 Å². The molecule has 0 saturated carbocycles. The van der Waals surface area contributed by atoms with Gasteiger partial charge < -0.3 is 16.0 Å². The highest BCUT2D eigenvalue weighted by Crippen LogP contribution is 2.11. The number of benzene rings is 1. The minimum absolute atomic E-state index is 0.0237. The second-order valence-electron chi connectivity index (χ2n) is 6.12. The van der Waals surface area contributed by atoms with Gasteiger partial charge >= 0.3 is 0 Å². The van der Waals surface area contributed by atoms with Crippen LogP contribution in [0.5, 0.6) is 0 Å². The zero-order valence-corrected chi connectivity index (χ0v) is 14.8. The number of aromatic nitrogens is 1. The summed E-state index contributed by atoms with van der Waals surface area (Å²) in [6.45, 7) is 6.79. The van der Waals surface area contributed by atoms with Crippen LogP contribution >= 0.6 is 0 Å². The summed E-state index contributed by atoms with van der Waals surface area (Å²) in [5.41, 5.74) is 2.37. The van der Waals surface area contributed by atoms with Crippen LogP contribution in [0.15, 0.2) is 42.6 Å². The highest BCUT2D eigenvalue weighted by Gasteiger charge is 2.07. The number of hydrogen-bond donors (Lipinski definition) is 3. The third-order valence-corrected chi connectivity index (χ3v) is 3.59. The van der Waals surface area contributed by atoms with E-state index in [1.807, 2.05) is 45.0 Å². The van der Waals surface area contributed by atoms with Crippen LogP contribution in [0.25, 0.3) is 0 Å². The summed E-state index contributed by atoms with van der Waals surface area (Å²) in [4.78, 5) is 27.9. The van der Waals surface area contributed by atoms with Crippen LogP contribution in [0.2, 0.25) is 0 Å². The molecule has 132 valence electrons. The molecule has 0 unspecified atom stereocenters. The van der Waals surface area contributed by atoms with E-state index in [2.05, 4.69) is 20.9 Å². The van der Waals surface area contributed by atoms with E-state index in [1.54, 1.807) is 12.1 Å². The zero-order chi connectivity index (χ0) is 18.2. The first-order valence-electron chi connectivity index (χ1n) is 8.31. The summed E-state index contributed by atoms with van der Waals surface area (Å²) in [5, 5.41) is 8.76. The van der Waals surface area contributed by atoms with Gasteiger partial charge in [0.1, 0.15) is 5.82 Å². The van der Waals surface area contributed by atoms with Crippen LogP contribution in [0, 0.1) is 12.8 Å². The van der Waals surface area contributed by atoms with Crippen molar-refractivity contribution in [1.82, 2.24) is 10.3 Å². The van der Waals surface area contributed by atoms with Gasteiger partial charge in [-0.2, -0.15) is 0 Å². The smallest absolute Gasteiger partial charge is 0.257 e. The average molecular weight is 340 g/mol. The van der Waals surface area contributed by atoms with Crippen LogP contribution in [0.3, 0.4) is 0 Å². The molecular formula is C19H24N4O2. The molecule has 6 nitrogen and oxygen atoms in total. The molecule has 0 aliphatic heterocycles. The molecule has 25 heavy (non-hydrogen) atoms. The molecule has 6 heteroatoms. The maximum Gasteiger partial charge on any atom is 0.257 e. The predicted molar refractivity (Wildman–Crippen MR) is 99.7 cm³/mol. The van der Waals surface area contributed by atoms with E-state index < -0.39 is 0 Å². The third kappa shape index (κ3) is 5.91. The molecule has 0 fully saturated rings. The lowest BCUT2D eigenvalue weighted by molar-refractivity contribution is -0.123. The van der Waals surface area contributed by atoms with Crippen molar-refractivity contribution in [1.29, 1.82) is 0 Å². The van der Waals surface area contributed by atoms with E-state index in [0.717, 1.165) is 11.3 Å². The number of carbonyl (C=O) groups is 2. The fourth-order valence-electron chi connectivity index (χ4n) is 2.05. The molecule has 2 aromatic rings. The van der Waals surface area contributed by atoms with E-state index in [0.29, 0.717) is 24.5 Å². The Morgan fingerprint density at radius 3 is 2.36 bits per heavy atom. The molecule has 3 N–H and O–H groups in total. The van der Waals surface area contributed by atoms with Gasteiger partial charge in [0.25, 0.3) is 5.91 Å². The monoisotopic (exact) mass is 340 g/mol. The van der Waals surface area contributed by atoms with Crippen LogP contribution in [0.1, 0.15) is 29.8 Å². The van der Waals surface area contributed by atoms with Crippen molar-refractivity contribution >= 4 is 23.3 Å². The molecule has 0 spiro atoms. The van der Waals surface area contributed by atoms with E-state index in [-0.39, 0.29) is 17.7 Å². The van der Waals surface area contributed by atoms with E-state index in [4.69, 9.17) is 0 Å². The molecule has 0 bridgehead atoms. The third-order valence-electron chi connectivity index (χ3n) is 3.59. The van der Waals surface area contributed by atoms with Crippen LogP contribution in [-0.4, -0.2) is 29.9 Å². The Hall–Kier alpha value is -2.89. The van der Waals surface area contributed by atoms with Crippen molar-refractivity contribution in [2.75, 3.05) is 23.7 Å². The first-order chi connectivity index (χ1) is 12.0. The second kappa shape index (κ2) is 8.82. The Bertz CT molecular complexity index is 709. The average Bonchev–Trinajstić information content (AvgIpc) is 2.61. The molecule has 2 rings (SSSR count). The van der Waals surface area contributed by atoms with Crippen LogP contribution < -0.4 is 16.0 Å². The normalized spacial score (nSPS) is 10.4. The summed E-state index contributed by atoms with van der Waals surface area (Å²) in [6.07, 6.45) is 1.53. The van der Waals surface area contributed by atoms with Crippen molar-refractivity contribution in [3.8, 4) is 0 Å². The zero-order valence-electron chi connectivity index (χ0n) is 14.8. The number of nitrogens with one attached hydrogen (secondary N) is 3. The number of pyridine rings is 1. The Morgan fingerprint density at radius 1 is 1.04 bits per heavy atom. The highest BCUT2D eigenvalue weighted by molar-refractivity contribution is 6.04. The molecule has 1 heterocycles. The molecule has 0 aliphatic carbocycles. The first-order valence-corrected chi connectivity index (χ1v) is 8.31. The van der Waals surface area contributed by atoms with Gasteiger partial charge in [-0.1, -0.05) is 31.5 Å². The van der Waals surface area contributed by atoms with Crippen molar-refractivity contribution in [3.05, 3.63) is 53.7 Å². The maximum atomic E-state index is 12.2. The lowest BCUT2D eigenvalue weighted by atomic mass is 10.2. The van der Waals surface area contributed by atoms with Crippen molar-refractivity contribution in [3.63, 3.8) is 0 Å². The van der Waals surface area contributed by atoms with Crippen molar-refractivity contribution in [2.24, 2.45) is 5.92 Å². The van der Waals surface area contributed by atoms with E-state index in [1.165, 1.54) is 6.20 Å². The number of hydrogen-bond acceptors (Lipinski definition) is 4. The fourth-order valence-corrected chi connectivity index (χ4v) is 2.05.